The van der Waals surface area contributed by atoms with Crippen molar-refractivity contribution in [1.82, 2.24) is 34.4 Å². The van der Waals surface area contributed by atoms with E-state index in [-0.39, 0.29) is 0 Å². The van der Waals surface area contributed by atoms with Gasteiger partial charge in [0.05, 0.1) is 6.33 Å². The van der Waals surface area contributed by atoms with Crippen LogP contribution < -0.4 is 10.6 Å². The molecular formula is C27H33N9. The number of hydrogen-bond donors (Lipinski definition) is 2. The molecule has 4 aromatic rings. The van der Waals surface area contributed by atoms with E-state index in [4.69, 9.17) is 15.0 Å². The number of likely N-dealkylation sites (tertiary alicyclic amines) is 1. The Morgan fingerprint density at radius 3 is 2.36 bits per heavy atom. The number of fused-ring (bicyclic) bond motifs is 1. The van der Waals surface area contributed by atoms with E-state index in [1.165, 1.54) is 37.7 Å². The number of anilines is 3. The van der Waals surface area contributed by atoms with Crippen LogP contribution in [-0.2, 0) is 6.54 Å². The minimum absolute atomic E-state index is 0.343. The average Bonchev–Trinajstić information content (AvgIpc) is 3.36. The second-order valence-corrected chi connectivity index (χ2v) is 9.89. The minimum Gasteiger partial charge on any atom is -0.365 e. The van der Waals surface area contributed by atoms with E-state index in [0.29, 0.717) is 24.0 Å². The molecule has 6 rings (SSSR count). The van der Waals surface area contributed by atoms with E-state index < -0.39 is 0 Å². The number of piperidine rings is 1. The summed E-state index contributed by atoms with van der Waals surface area (Å²) in [4.78, 5) is 25.6. The number of rotatable bonds is 7. The van der Waals surface area contributed by atoms with Gasteiger partial charge in [-0.3, -0.25) is 10.2 Å². The summed E-state index contributed by atoms with van der Waals surface area (Å²) in [6.45, 7) is 3.11. The Morgan fingerprint density at radius 1 is 0.806 bits per heavy atom. The van der Waals surface area contributed by atoms with Gasteiger partial charge in [-0.1, -0.05) is 49.6 Å². The van der Waals surface area contributed by atoms with Gasteiger partial charge in [0.15, 0.2) is 17.0 Å². The highest BCUT2D eigenvalue weighted by Crippen LogP contribution is 2.32. The fraction of sp³-hybridized carbons (Fsp3) is 0.444. The average molecular weight is 484 g/mol. The third-order valence-electron chi connectivity index (χ3n) is 7.36. The molecule has 0 bridgehead atoms. The number of benzene rings is 1. The Kier molecular flexibility index (Phi) is 6.71. The van der Waals surface area contributed by atoms with Crippen molar-refractivity contribution in [1.29, 1.82) is 0 Å². The van der Waals surface area contributed by atoms with Crippen molar-refractivity contribution in [3.8, 4) is 0 Å². The smallest absolute Gasteiger partial charge is 0.233 e. The highest BCUT2D eigenvalue weighted by molar-refractivity contribution is 5.84. The molecule has 186 valence electrons. The van der Waals surface area contributed by atoms with Crippen LogP contribution in [0.15, 0.2) is 55.1 Å². The van der Waals surface area contributed by atoms with Crippen molar-refractivity contribution in [2.24, 2.45) is 0 Å². The first-order valence-electron chi connectivity index (χ1n) is 13.1. The molecule has 1 aromatic carbocycles. The molecule has 1 saturated heterocycles. The molecule has 9 heteroatoms. The lowest BCUT2D eigenvalue weighted by Gasteiger charge is -2.32. The van der Waals surface area contributed by atoms with Gasteiger partial charge in [0.1, 0.15) is 0 Å². The van der Waals surface area contributed by atoms with Crippen LogP contribution in [0.25, 0.3) is 11.2 Å². The van der Waals surface area contributed by atoms with E-state index in [1.54, 1.807) is 18.5 Å². The summed E-state index contributed by atoms with van der Waals surface area (Å²) in [5.74, 6) is 1.77. The van der Waals surface area contributed by atoms with Gasteiger partial charge in [0.2, 0.25) is 11.9 Å². The van der Waals surface area contributed by atoms with Gasteiger partial charge in [0.25, 0.3) is 0 Å². The van der Waals surface area contributed by atoms with Crippen molar-refractivity contribution in [3.05, 3.63) is 60.7 Å². The number of nitrogens with zero attached hydrogens (tertiary/aromatic N) is 7. The molecule has 4 heterocycles. The standard InChI is InChI=1S/C27H33N9/c1-3-8-20(9-4-1)18-35-16-12-21(13-17-35)31-24-23-25(36(19-30-23)22-10-5-2-6-11-22)33-27(32-24)34-26-28-14-7-15-29-26/h1,3-4,7-9,14-15,19,21-22H,2,5-6,10-13,16-18H2,(H2,28,29,31,32,33,34). The van der Waals surface area contributed by atoms with Crippen LogP contribution >= 0.6 is 0 Å². The number of nitrogens with one attached hydrogen (secondary N) is 2. The van der Waals surface area contributed by atoms with Crippen molar-refractivity contribution in [2.75, 3.05) is 23.7 Å². The highest BCUT2D eigenvalue weighted by Gasteiger charge is 2.24. The summed E-state index contributed by atoms with van der Waals surface area (Å²) >= 11 is 0. The molecule has 1 aliphatic heterocycles. The number of aromatic nitrogens is 6. The van der Waals surface area contributed by atoms with Gasteiger partial charge < -0.3 is 9.88 Å². The predicted molar refractivity (Wildman–Crippen MR) is 141 cm³/mol. The first-order valence-corrected chi connectivity index (χ1v) is 13.1. The van der Waals surface area contributed by atoms with Crippen molar-refractivity contribution in [2.45, 2.75) is 63.6 Å². The van der Waals surface area contributed by atoms with E-state index >= 15 is 0 Å². The van der Waals surface area contributed by atoms with Crippen molar-refractivity contribution < 1.29 is 0 Å². The lowest BCUT2D eigenvalue weighted by Crippen LogP contribution is -2.38. The van der Waals surface area contributed by atoms with Crippen molar-refractivity contribution >= 4 is 28.9 Å². The third kappa shape index (κ3) is 5.16. The topological polar surface area (TPSA) is 96.7 Å². The second-order valence-electron chi connectivity index (χ2n) is 9.89. The van der Waals surface area contributed by atoms with Crippen LogP contribution in [0.4, 0.5) is 17.7 Å². The SMILES string of the molecule is c1ccc(CN2CCC(Nc3nc(Nc4ncccn4)nc4c3ncn4C3CCCCC3)CC2)cc1. The highest BCUT2D eigenvalue weighted by atomic mass is 15.3. The Balaban J connectivity index is 1.22. The van der Waals surface area contributed by atoms with Crippen LogP contribution in [0.1, 0.15) is 56.6 Å². The Labute approximate surface area is 211 Å². The monoisotopic (exact) mass is 483 g/mol. The molecule has 0 spiro atoms. The Hall–Kier alpha value is -3.59. The molecule has 1 aliphatic carbocycles. The Morgan fingerprint density at radius 2 is 1.58 bits per heavy atom. The molecular weight excluding hydrogens is 450 g/mol. The molecule has 2 aliphatic rings. The largest absolute Gasteiger partial charge is 0.365 e. The zero-order chi connectivity index (χ0) is 24.2. The van der Waals surface area contributed by atoms with Gasteiger partial charge in [-0.15, -0.1) is 0 Å². The molecule has 0 unspecified atom stereocenters. The van der Waals surface area contributed by atoms with E-state index in [0.717, 1.165) is 49.5 Å². The number of imidazole rings is 1. The maximum absolute atomic E-state index is 4.87. The third-order valence-corrected chi connectivity index (χ3v) is 7.36. The van der Waals surface area contributed by atoms with Crippen LogP contribution in [0.5, 0.6) is 0 Å². The van der Waals surface area contributed by atoms with Crippen LogP contribution in [0, 0.1) is 0 Å². The Bertz CT molecular complexity index is 1260. The summed E-state index contributed by atoms with van der Waals surface area (Å²) in [6, 6.07) is 13.3. The maximum atomic E-state index is 4.87. The maximum Gasteiger partial charge on any atom is 0.233 e. The number of hydrogen-bond acceptors (Lipinski definition) is 8. The van der Waals surface area contributed by atoms with E-state index in [9.17, 15) is 0 Å². The molecule has 3 aromatic heterocycles. The summed E-state index contributed by atoms with van der Waals surface area (Å²) in [6.07, 6.45) is 13.7. The summed E-state index contributed by atoms with van der Waals surface area (Å²) < 4.78 is 2.25. The second kappa shape index (κ2) is 10.6. The zero-order valence-corrected chi connectivity index (χ0v) is 20.6. The predicted octanol–water partition coefficient (Wildman–Crippen LogP) is 4.94. The van der Waals surface area contributed by atoms with Gasteiger partial charge in [-0.25, -0.2) is 15.0 Å². The molecule has 2 N–H and O–H groups in total. The first kappa shape index (κ1) is 22.8. The van der Waals surface area contributed by atoms with Crippen LogP contribution in [-0.4, -0.2) is 53.5 Å². The quantitative estimate of drug-likeness (QED) is 0.381. The molecule has 9 nitrogen and oxygen atoms in total. The molecule has 1 saturated carbocycles. The molecule has 0 radical (unpaired) electrons. The summed E-state index contributed by atoms with van der Waals surface area (Å²) in [5.41, 5.74) is 3.08. The fourth-order valence-corrected chi connectivity index (χ4v) is 5.43. The van der Waals surface area contributed by atoms with E-state index in [2.05, 4.69) is 60.4 Å². The fourth-order valence-electron chi connectivity index (χ4n) is 5.43. The zero-order valence-electron chi connectivity index (χ0n) is 20.6. The summed E-state index contributed by atoms with van der Waals surface area (Å²) in [5, 5.41) is 6.91. The first-order chi connectivity index (χ1) is 17.8. The lowest BCUT2D eigenvalue weighted by atomic mass is 9.95. The lowest BCUT2D eigenvalue weighted by molar-refractivity contribution is 0.211. The summed E-state index contributed by atoms with van der Waals surface area (Å²) in [7, 11) is 0. The molecule has 0 amide bonds. The van der Waals surface area contributed by atoms with Crippen LogP contribution in [0.3, 0.4) is 0 Å². The van der Waals surface area contributed by atoms with Crippen molar-refractivity contribution in [3.63, 3.8) is 0 Å². The van der Waals surface area contributed by atoms with Gasteiger partial charge in [-0.2, -0.15) is 9.97 Å². The minimum atomic E-state index is 0.343. The normalized spacial score (nSPS) is 17.9. The van der Waals surface area contributed by atoms with Gasteiger partial charge in [0, 0.05) is 44.1 Å². The van der Waals surface area contributed by atoms with Gasteiger partial charge >= 0.3 is 0 Å². The molecule has 0 atom stereocenters. The van der Waals surface area contributed by atoms with Crippen LogP contribution in [0.2, 0.25) is 0 Å². The van der Waals surface area contributed by atoms with E-state index in [1.807, 2.05) is 6.33 Å². The molecule has 2 fully saturated rings. The molecule has 36 heavy (non-hydrogen) atoms. The van der Waals surface area contributed by atoms with Gasteiger partial charge in [-0.05, 0) is 37.3 Å².